The summed E-state index contributed by atoms with van der Waals surface area (Å²) in [5.41, 5.74) is 0.920. The Morgan fingerprint density at radius 2 is 1.93 bits per heavy atom. The molecule has 0 spiro atoms. The van der Waals surface area contributed by atoms with E-state index in [0.717, 1.165) is 22.9 Å². The van der Waals surface area contributed by atoms with E-state index in [-0.39, 0.29) is 5.92 Å². The Hall–Kier alpha value is -0.830. The van der Waals surface area contributed by atoms with Gasteiger partial charge in [-0.2, -0.15) is 0 Å². The highest BCUT2D eigenvalue weighted by atomic mass is 79.9. The number of hydrogen-bond acceptors (Lipinski definition) is 1. The lowest BCUT2D eigenvalue weighted by atomic mass is 9.94. The molecule has 3 heteroatoms. The molecule has 1 aliphatic carbocycles. The number of halogens is 1. The van der Waals surface area contributed by atoms with Crippen LogP contribution in [0.25, 0.3) is 0 Å². The van der Waals surface area contributed by atoms with Gasteiger partial charge in [0.05, 0.1) is 5.92 Å². The predicted molar refractivity (Wildman–Crippen MR) is 57.2 cm³/mol. The maximum Gasteiger partial charge on any atom is 0.311 e. The van der Waals surface area contributed by atoms with Crippen molar-refractivity contribution in [2.24, 2.45) is 5.92 Å². The minimum absolute atomic E-state index is 0.303. The third-order valence-corrected chi connectivity index (χ3v) is 3.12. The highest BCUT2D eigenvalue weighted by molar-refractivity contribution is 9.10. The Labute approximate surface area is 91.1 Å². The molecule has 1 aromatic rings. The van der Waals surface area contributed by atoms with Crippen LogP contribution in [0, 0.1) is 5.92 Å². The molecule has 0 bridgehead atoms. The van der Waals surface area contributed by atoms with Gasteiger partial charge in [-0.15, -0.1) is 0 Å². The highest BCUT2D eigenvalue weighted by Gasteiger charge is 2.37. The SMILES string of the molecule is O=C(O)[C@@H](c1ccc(Br)cc1)C1CC1. The van der Waals surface area contributed by atoms with E-state index in [9.17, 15) is 4.79 Å². The molecule has 0 aliphatic heterocycles. The van der Waals surface area contributed by atoms with Gasteiger partial charge >= 0.3 is 5.97 Å². The van der Waals surface area contributed by atoms with Crippen molar-refractivity contribution in [2.45, 2.75) is 18.8 Å². The Morgan fingerprint density at radius 3 is 2.36 bits per heavy atom. The summed E-state index contributed by atoms with van der Waals surface area (Å²) in [6.45, 7) is 0. The summed E-state index contributed by atoms with van der Waals surface area (Å²) >= 11 is 3.34. The fourth-order valence-corrected chi connectivity index (χ4v) is 1.98. The summed E-state index contributed by atoms with van der Waals surface area (Å²) in [6, 6.07) is 7.57. The average Bonchev–Trinajstić information content (AvgIpc) is 2.92. The van der Waals surface area contributed by atoms with Gasteiger partial charge in [-0.05, 0) is 36.5 Å². The van der Waals surface area contributed by atoms with E-state index in [4.69, 9.17) is 5.11 Å². The summed E-state index contributed by atoms with van der Waals surface area (Å²) in [4.78, 5) is 11.1. The molecule has 74 valence electrons. The fraction of sp³-hybridized carbons (Fsp3) is 0.364. The molecule has 0 radical (unpaired) electrons. The zero-order valence-corrected chi connectivity index (χ0v) is 9.20. The normalized spacial score (nSPS) is 17.8. The lowest BCUT2D eigenvalue weighted by molar-refractivity contribution is -0.139. The second-order valence-electron chi connectivity index (χ2n) is 3.70. The summed E-state index contributed by atoms with van der Waals surface area (Å²) in [7, 11) is 0. The van der Waals surface area contributed by atoms with Crippen LogP contribution in [-0.4, -0.2) is 11.1 Å². The van der Waals surface area contributed by atoms with E-state index in [2.05, 4.69) is 15.9 Å². The molecule has 1 saturated carbocycles. The second-order valence-corrected chi connectivity index (χ2v) is 4.62. The maximum atomic E-state index is 11.1. The van der Waals surface area contributed by atoms with Gasteiger partial charge in [-0.3, -0.25) is 4.79 Å². The van der Waals surface area contributed by atoms with E-state index in [1.807, 2.05) is 24.3 Å². The molecule has 0 unspecified atom stereocenters. The first kappa shape index (κ1) is 9.71. The molecule has 0 aromatic heterocycles. The quantitative estimate of drug-likeness (QED) is 0.901. The zero-order chi connectivity index (χ0) is 10.1. The number of rotatable bonds is 3. The van der Waals surface area contributed by atoms with Crippen LogP contribution in [0.1, 0.15) is 24.3 Å². The smallest absolute Gasteiger partial charge is 0.311 e. The van der Waals surface area contributed by atoms with Gasteiger partial charge in [0.25, 0.3) is 0 Å². The van der Waals surface area contributed by atoms with Crippen molar-refractivity contribution in [1.82, 2.24) is 0 Å². The summed E-state index contributed by atoms with van der Waals surface area (Å²) in [6.07, 6.45) is 2.10. The number of carboxylic acids is 1. The van der Waals surface area contributed by atoms with E-state index < -0.39 is 5.97 Å². The molecule has 2 nitrogen and oxygen atoms in total. The molecular weight excluding hydrogens is 244 g/mol. The minimum Gasteiger partial charge on any atom is -0.481 e. The molecule has 1 aromatic carbocycles. The van der Waals surface area contributed by atoms with Crippen molar-refractivity contribution >= 4 is 21.9 Å². The molecule has 2 rings (SSSR count). The van der Waals surface area contributed by atoms with Gasteiger partial charge in [-0.1, -0.05) is 28.1 Å². The molecule has 1 fully saturated rings. The molecule has 14 heavy (non-hydrogen) atoms. The first-order valence-electron chi connectivity index (χ1n) is 4.67. The molecular formula is C11H11BrO2. The van der Waals surface area contributed by atoms with Crippen molar-refractivity contribution in [1.29, 1.82) is 0 Å². The standard InChI is InChI=1S/C11H11BrO2/c12-9-5-3-8(4-6-9)10(11(13)14)7-1-2-7/h3-7,10H,1-2H2,(H,13,14)/t10-/m1/s1. The maximum absolute atomic E-state index is 11.1. The molecule has 0 saturated heterocycles. The molecule has 0 amide bonds. The van der Waals surface area contributed by atoms with Crippen molar-refractivity contribution < 1.29 is 9.90 Å². The van der Waals surface area contributed by atoms with Gasteiger partial charge in [0.2, 0.25) is 0 Å². The first-order chi connectivity index (χ1) is 6.68. The monoisotopic (exact) mass is 254 g/mol. The van der Waals surface area contributed by atoms with Gasteiger partial charge in [0.1, 0.15) is 0 Å². The highest BCUT2D eigenvalue weighted by Crippen LogP contribution is 2.42. The molecule has 1 N–H and O–H groups in total. The minimum atomic E-state index is -0.699. The van der Waals surface area contributed by atoms with Crippen molar-refractivity contribution in [3.63, 3.8) is 0 Å². The van der Waals surface area contributed by atoms with Gasteiger partial charge in [0, 0.05) is 4.47 Å². The van der Waals surface area contributed by atoms with Crippen LogP contribution >= 0.6 is 15.9 Å². The summed E-state index contributed by atoms with van der Waals surface area (Å²) < 4.78 is 0.987. The van der Waals surface area contributed by atoms with Crippen LogP contribution in [0.15, 0.2) is 28.7 Å². The average molecular weight is 255 g/mol. The third-order valence-electron chi connectivity index (χ3n) is 2.59. The van der Waals surface area contributed by atoms with E-state index >= 15 is 0 Å². The van der Waals surface area contributed by atoms with Crippen LogP contribution < -0.4 is 0 Å². The van der Waals surface area contributed by atoms with Crippen molar-refractivity contribution in [3.8, 4) is 0 Å². The second kappa shape index (κ2) is 3.73. The van der Waals surface area contributed by atoms with E-state index in [1.165, 1.54) is 0 Å². The number of carboxylic acid groups (broad SMARTS) is 1. The van der Waals surface area contributed by atoms with Crippen LogP contribution in [0.5, 0.6) is 0 Å². The predicted octanol–water partition coefficient (Wildman–Crippen LogP) is 3.03. The topological polar surface area (TPSA) is 37.3 Å². The van der Waals surface area contributed by atoms with E-state index in [1.54, 1.807) is 0 Å². The molecule has 1 aliphatic rings. The summed E-state index contributed by atoms with van der Waals surface area (Å²) in [5, 5.41) is 9.09. The van der Waals surface area contributed by atoms with Gasteiger partial charge in [0.15, 0.2) is 0 Å². The van der Waals surface area contributed by atoms with Crippen LogP contribution in [0.2, 0.25) is 0 Å². The van der Waals surface area contributed by atoms with Crippen molar-refractivity contribution in [2.75, 3.05) is 0 Å². The fourth-order valence-electron chi connectivity index (χ4n) is 1.72. The van der Waals surface area contributed by atoms with Crippen LogP contribution in [-0.2, 0) is 4.79 Å². The largest absolute Gasteiger partial charge is 0.481 e. The molecule has 0 heterocycles. The lowest BCUT2D eigenvalue weighted by Gasteiger charge is -2.11. The first-order valence-corrected chi connectivity index (χ1v) is 5.46. The Morgan fingerprint density at radius 1 is 1.36 bits per heavy atom. The number of aliphatic carboxylic acids is 1. The number of benzene rings is 1. The summed E-state index contributed by atoms with van der Waals surface area (Å²) in [5.74, 6) is -0.647. The molecule has 1 atom stereocenters. The Balaban J connectivity index is 2.26. The third kappa shape index (κ3) is 1.98. The Bertz CT molecular complexity index is 341. The van der Waals surface area contributed by atoms with Crippen LogP contribution in [0.4, 0.5) is 0 Å². The van der Waals surface area contributed by atoms with E-state index in [0.29, 0.717) is 5.92 Å². The van der Waals surface area contributed by atoms with Gasteiger partial charge in [-0.25, -0.2) is 0 Å². The number of carbonyl (C=O) groups is 1. The van der Waals surface area contributed by atoms with Crippen molar-refractivity contribution in [3.05, 3.63) is 34.3 Å². The van der Waals surface area contributed by atoms with Gasteiger partial charge < -0.3 is 5.11 Å². The zero-order valence-electron chi connectivity index (χ0n) is 7.61. The van der Waals surface area contributed by atoms with Crippen LogP contribution in [0.3, 0.4) is 0 Å². The lowest BCUT2D eigenvalue weighted by Crippen LogP contribution is -2.13. The number of hydrogen-bond donors (Lipinski definition) is 1. The Kier molecular flexibility index (Phi) is 2.59.